The third kappa shape index (κ3) is 5.47. The Labute approximate surface area is 121 Å². The van der Waals surface area contributed by atoms with Crippen molar-refractivity contribution < 1.29 is 23.5 Å². The number of rotatable bonds is 5. The number of carbonyl (C=O) groups is 2. The van der Waals surface area contributed by atoms with Gasteiger partial charge in [0.15, 0.2) is 0 Å². The molecule has 0 radical (unpaired) electrons. The van der Waals surface area contributed by atoms with E-state index >= 15 is 0 Å². The number of carboxylic acids is 1. The molecule has 1 aromatic carbocycles. The highest BCUT2D eigenvalue weighted by molar-refractivity contribution is 5.92. The maximum absolute atomic E-state index is 13.4. The van der Waals surface area contributed by atoms with Crippen molar-refractivity contribution in [3.05, 3.63) is 29.8 Å². The maximum atomic E-state index is 13.4. The van der Waals surface area contributed by atoms with Gasteiger partial charge in [-0.25, -0.2) is 8.78 Å². The van der Waals surface area contributed by atoms with Gasteiger partial charge < -0.3 is 10.4 Å². The molecule has 0 unspecified atom stereocenters. The van der Waals surface area contributed by atoms with Crippen molar-refractivity contribution in [2.45, 2.75) is 26.3 Å². The fourth-order valence-corrected chi connectivity index (χ4v) is 1.65. The van der Waals surface area contributed by atoms with Gasteiger partial charge in [-0.3, -0.25) is 14.5 Å². The Kier molecular flexibility index (Phi) is 5.37. The molecule has 0 saturated carbocycles. The molecule has 0 aliphatic carbocycles. The summed E-state index contributed by atoms with van der Waals surface area (Å²) >= 11 is 0. The molecular weight excluding hydrogens is 282 g/mol. The van der Waals surface area contributed by atoms with Crippen LogP contribution in [-0.2, 0) is 9.59 Å². The summed E-state index contributed by atoms with van der Waals surface area (Å²) in [6.07, 6.45) is 0. The molecule has 1 rings (SSSR count). The van der Waals surface area contributed by atoms with Crippen LogP contribution in [0, 0.1) is 11.6 Å². The molecule has 0 heterocycles. The van der Waals surface area contributed by atoms with Gasteiger partial charge in [0.2, 0.25) is 5.91 Å². The minimum absolute atomic E-state index is 0.148. The molecule has 5 nitrogen and oxygen atoms in total. The second kappa shape index (κ2) is 6.62. The van der Waals surface area contributed by atoms with Gasteiger partial charge in [-0.15, -0.1) is 0 Å². The molecule has 21 heavy (non-hydrogen) atoms. The van der Waals surface area contributed by atoms with E-state index in [1.54, 1.807) is 20.8 Å². The number of carboxylic acid groups (broad SMARTS) is 1. The number of carbonyl (C=O) groups excluding carboxylic acids is 1. The molecule has 0 atom stereocenters. The molecule has 1 aromatic rings. The van der Waals surface area contributed by atoms with Gasteiger partial charge in [0.05, 0.1) is 18.8 Å². The van der Waals surface area contributed by atoms with Crippen molar-refractivity contribution in [2.75, 3.05) is 18.4 Å². The van der Waals surface area contributed by atoms with Crippen LogP contribution in [0.2, 0.25) is 0 Å². The summed E-state index contributed by atoms with van der Waals surface area (Å²) in [7, 11) is 0. The molecule has 116 valence electrons. The van der Waals surface area contributed by atoms with E-state index in [9.17, 15) is 18.4 Å². The van der Waals surface area contributed by atoms with Crippen LogP contribution in [0.15, 0.2) is 18.2 Å². The quantitative estimate of drug-likeness (QED) is 0.873. The molecule has 1 amide bonds. The maximum Gasteiger partial charge on any atom is 0.317 e. The first-order valence-corrected chi connectivity index (χ1v) is 6.31. The Morgan fingerprint density at radius 2 is 1.86 bits per heavy atom. The molecule has 0 saturated heterocycles. The Bertz CT molecular complexity index is 542. The average Bonchev–Trinajstić information content (AvgIpc) is 2.30. The summed E-state index contributed by atoms with van der Waals surface area (Å²) in [5, 5.41) is 11.1. The monoisotopic (exact) mass is 300 g/mol. The zero-order valence-corrected chi connectivity index (χ0v) is 12.1. The lowest BCUT2D eigenvalue weighted by atomic mass is 10.1. The zero-order chi connectivity index (χ0) is 16.2. The van der Waals surface area contributed by atoms with Crippen LogP contribution in [0.1, 0.15) is 20.8 Å². The third-order valence-corrected chi connectivity index (χ3v) is 2.81. The van der Waals surface area contributed by atoms with Gasteiger partial charge in [-0.05, 0) is 32.9 Å². The van der Waals surface area contributed by atoms with Crippen LogP contribution >= 0.6 is 0 Å². The van der Waals surface area contributed by atoms with E-state index in [-0.39, 0.29) is 18.8 Å². The standard InChI is InChI=1S/C14H18F2N2O3/c1-14(2,3)18(8-13(20)21)7-12(19)17-11-5-4-9(15)6-10(11)16/h4-6H,7-8H2,1-3H3,(H,17,19)(H,20,21). The van der Waals surface area contributed by atoms with E-state index in [0.717, 1.165) is 12.1 Å². The number of benzene rings is 1. The van der Waals surface area contributed by atoms with Gasteiger partial charge in [0, 0.05) is 11.6 Å². The van der Waals surface area contributed by atoms with E-state index in [4.69, 9.17) is 5.11 Å². The van der Waals surface area contributed by atoms with E-state index in [2.05, 4.69) is 5.32 Å². The minimum atomic E-state index is -1.06. The number of nitrogens with zero attached hydrogens (tertiary/aromatic N) is 1. The van der Waals surface area contributed by atoms with Crippen LogP contribution in [0.25, 0.3) is 0 Å². The highest BCUT2D eigenvalue weighted by Gasteiger charge is 2.25. The molecule has 0 aromatic heterocycles. The number of halogens is 2. The molecule has 0 fully saturated rings. The summed E-state index contributed by atoms with van der Waals surface area (Å²) < 4.78 is 26.2. The SMILES string of the molecule is CC(C)(C)N(CC(=O)O)CC(=O)Nc1ccc(F)cc1F. The van der Waals surface area contributed by atoms with Crippen molar-refractivity contribution in [3.8, 4) is 0 Å². The molecular formula is C14H18F2N2O3. The molecule has 7 heteroatoms. The summed E-state index contributed by atoms with van der Waals surface area (Å²) in [5.74, 6) is -3.26. The fraction of sp³-hybridized carbons (Fsp3) is 0.429. The highest BCUT2D eigenvalue weighted by atomic mass is 19.1. The van der Waals surface area contributed by atoms with Crippen molar-refractivity contribution in [3.63, 3.8) is 0 Å². The number of hydrogen-bond acceptors (Lipinski definition) is 3. The molecule has 0 bridgehead atoms. The van der Waals surface area contributed by atoms with Crippen LogP contribution in [0.4, 0.5) is 14.5 Å². The van der Waals surface area contributed by atoms with Gasteiger partial charge in [0.25, 0.3) is 0 Å². The topological polar surface area (TPSA) is 69.6 Å². The first-order chi connectivity index (χ1) is 9.59. The smallest absolute Gasteiger partial charge is 0.317 e. The lowest BCUT2D eigenvalue weighted by Crippen LogP contribution is -2.48. The first-order valence-electron chi connectivity index (χ1n) is 6.31. The number of anilines is 1. The van der Waals surface area contributed by atoms with Crippen molar-refractivity contribution in [2.24, 2.45) is 0 Å². The van der Waals surface area contributed by atoms with Gasteiger partial charge >= 0.3 is 5.97 Å². The lowest BCUT2D eigenvalue weighted by molar-refractivity contribution is -0.140. The van der Waals surface area contributed by atoms with Crippen molar-refractivity contribution in [1.82, 2.24) is 4.90 Å². The molecule has 0 aliphatic rings. The zero-order valence-electron chi connectivity index (χ0n) is 12.1. The van der Waals surface area contributed by atoms with E-state index in [0.29, 0.717) is 6.07 Å². The summed E-state index contributed by atoms with van der Waals surface area (Å²) in [6.45, 7) is 4.76. The first kappa shape index (κ1) is 17.0. The normalized spacial score (nSPS) is 11.5. The van der Waals surface area contributed by atoms with Crippen LogP contribution in [0.5, 0.6) is 0 Å². The molecule has 0 spiro atoms. The Balaban J connectivity index is 2.76. The van der Waals surface area contributed by atoms with Crippen molar-refractivity contribution in [1.29, 1.82) is 0 Å². The summed E-state index contributed by atoms with van der Waals surface area (Å²) in [5.41, 5.74) is -0.692. The molecule has 2 N–H and O–H groups in total. The summed E-state index contributed by atoms with van der Waals surface area (Å²) in [4.78, 5) is 24.1. The van der Waals surface area contributed by atoms with Gasteiger partial charge in [0.1, 0.15) is 11.6 Å². The third-order valence-electron chi connectivity index (χ3n) is 2.81. The fourth-order valence-electron chi connectivity index (χ4n) is 1.65. The van der Waals surface area contributed by atoms with E-state index < -0.39 is 29.0 Å². The van der Waals surface area contributed by atoms with E-state index in [1.165, 1.54) is 4.90 Å². The number of amides is 1. The highest BCUT2D eigenvalue weighted by Crippen LogP contribution is 2.16. The Morgan fingerprint density at radius 1 is 1.24 bits per heavy atom. The average molecular weight is 300 g/mol. The van der Waals surface area contributed by atoms with Gasteiger partial charge in [-0.2, -0.15) is 0 Å². The number of hydrogen-bond donors (Lipinski definition) is 2. The Morgan fingerprint density at radius 3 is 2.33 bits per heavy atom. The second-order valence-electron chi connectivity index (χ2n) is 5.59. The predicted octanol–water partition coefficient (Wildman–Crippen LogP) is 2.09. The molecule has 0 aliphatic heterocycles. The van der Waals surface area contributed by atoms with Crippen molar-refractivity contribution >= 4 is 17.6 Å². The largest absolute Gasteiger partial charge is 0.480 e. The lowest BCUT2D eigenvalue weighted by Gasteiger charge is -2.33. The number of aliphatic carboxylic acids is 1. The second-order valence-corrected chi connectivity index (χ2v) is 5.59. The van der Waals surface area contributed by atoms with Crippen LogP contribution < -0.4 is 5.32 Å². The number of nitrogens with one attached hydrogen (secondary N) is 1. The van der Waals surface area contributed by atoms with Crippen LogP contribution in [0.3, 0.4) is 0 Å². The Hall–Kier alpha value is -2.02. The minimum Gasteiger partial charge on any atom is -0.480 e. The predicted molar refractivity (Wildman–Crippen MR) is 73.9 cm³/mol. The van der Waals surface area contributed by atoms with Gasteiger partial charge in [-0.1, -0.05) is 0 Å². The van der Waals surface area contributed by atoms with Crippen LogP contribution in [-0.4, -0.2) is 40.5 Å². The summed E-state index contributed by atoms with van der Waals surface area (Å²) in [6, 6.07) is 2.80. The van der Waals surface area contributed by atoms with E-state index in [1.807, 2.05) is 0 Å².